The number of benzene rings is 1. The molecule has 0 aromatic heterocycles. The number of hydrogen-bond acceptors (Lipinski definition) is 3. The van der Waals surface area contributed by atoms with Crippen LogP contribution in [0.4, 0.5) is 10.1 Å². The van der Waals surface area contributed by atoms with Crippen molar-refractivity contribution in [3.63, 3.8) is 0 Å². The van der Waals surface area contributed by atoms with Gasteiger partial charge in [-0.2, -0.15) is 0 Å². The largest absolute Gasteiger partial charge is 0.326 e. The van der Waals surface area contributed by atoms with Gasteiger partial charge in [-0.25, -0.2) is 4.39 Å². The molecule has 0 radical (unpaired) electrons. The number of anilines is 1. The van der Waals surface area contributed by atoms with E-state index >= 15 is 0 Å². The number of carbonyl (C=O) groups excluding carboxylic acids is 1. The number of halogens is 2. The lowest BCUT2D eigenvalue weighted by atomic mass is 9.94. The Hall–Kier alpha value is -1.17. The van der Waals surface area contributed by atoms with Crippen LogP contribution in [0.15, 0.2) is 18.2 Å². The van der Waals surface area contributed by atoms with Crippen LogP contribution in [0.3, 0.4) is 0 Å². The van der Waals surface area contributed by atoms with Gasteiger partial charge in [0.2, 0.25) is 5.91 Å². The molecule has 1 amide bonds. The van der Waals surface area contributed by atoms with Crippen LogP contribution in [0.5, 0.6) is 0 Å². The molecule has 2 atom stereocenters. The highest BCUT2D eigenvalue weighted by atomic mass is 35.5. The first kappa shape index (κ1) is 15.2. The molecule has 20 heavy (non-hydrogen) atoms. The van der Waals surface area contributed by atoms with E-state index in [1.807, 2.05) is 4.90 Å². The number of hydrogen-bond donors (Lipinski definition) is 2. The predicted octanol–water partition coefficient (Wildman–Crippen LogP) is 2.09. The van der Waals surface area contributed by atoms with Crippen LogP contribution in [-0.2, 0) is 4.79 Å². The number of nitrogens with two attached hydrogens (primary N) is 1. The first-order valence-corrected chi connectivity index (χ1v) is 7.06. The van der Waals surface area contributed by atoms with Crippen molar-refractivity contribution < 1.29 is 9.18 Å². The molecular formula is C14H19ClFN3O. The van der Waals surface area contributed by atoms with Crippen molar-refractivity contribution in [3.05, 3.63) is 29.0 Å². The number of carbonyl (C=O) groups is 1. The van der Waals surface area contributed by atoms with Gasteiger partial charge in [-0.3, -0.25) is 9.69 Å². The summed E-state index contributed by atoms with van der Waals surface area (Å²) in [5.41, 5.74) is 6.50. The molecule has 2 rings (SSSR count). The van der Waals surface area contributed by atoms with Crippen LogP contribution in [0.1, 0.15) is 13.3 Å². The van der Waals surface area contributed by atoms with Gasteiger partial charge < -0.3 is 11.1 Å². The summed E-state index contributed by atoms with van der Waals surface area (Å²) in [7, 11) is 0. The van der Waals surface area contributed by atoms with Gasteiger partial charge in [-0.15, -0.1) is 0 Å². The molecule has 110 valence electrons. The van der Waals surface area contributed by atoms with Crippen molar-refractivity contribution in [1.82, 2.24) is 4.90 Å². The summed E-state index contributed by atoms with van der Waals surface area (Å²) in [5.74, 6) is -0.152. The molecule has 1 saturated heterocycles. The lowest BCUT2D eigenvalue weighted by Crippen LogP contribution is -2.49. The quantitative estimate of drug-likeness (QED) is 0.898. The summed E-state index contributed by atoms with van der Waals surface area (Å²) in [6.07, 6.45) is 0.997. The number of likely N-dealkylation sites (tertiary alicyclic amines) is 1. The molecule has 0 saturated carbocycles. The minimum absolute atomic E-state index is 0.00313. The van der Waals surface area contributed by atoms with Crippen molar-refractivity contribution in [2.75, 3.05) is 25.0 Å². The van der Waals surface area contributed by atoms with Crippen LogP contribution in [0.2, 0.25) is 5.02 Å². The third-order valence-electron chi connectivity index (χ3n) is 3.67. The highest BCUT2D eigenvalue weighted by Gasteiger charge is 2.24. The van der Waals surface area contributed by atoms with Gasteiger partial charge in [0.15, 0.2) is 0 Å². The molecule has 1 aromatic rings. The van der Waals surface area contributed by atoms with E-state index in [9.17, 15) is 9.18 Å². The standard InChI is InChI=1S/C14H19ClFN3O/c1-9-4-5-19(7-13(9)17)8-14(20)18-10-2-3-12(16)11(15)6-10/h2-3,6,9,13H,4-5,7-8,17H2,1H3,(H,18,20). The van der Waals surface area contributed by atoms with Gasteiger partial charge in [0.1, 0.15) is 5.82 Å². The monoisotopic (exact) mass is 299 g/mol. The first-order chi connectivity index (χ1) is 9.45. The highest BCUT2D eigenvalue weighted by molar-refractivity contribution is 6.31. The van der Waals surface area contributed by atoms with Crippen molar-refractivity contribution >= 4 is 23.2 Å². The summed E-state index contributed by atoms with van der Waals surface area (Å²) >= 11 is 5.67. The second kappa shape index (κ2) is 6.52. The molecular weight excluding hydrogens is 281 g/mol. The van der Waals surface area contributed by atoms with E-state index in [1.165, 1.54) is 18.2 Å². The average Bonchev–Trinajstić information content (AvgIpc) is 2.38. The van der Waals surface area contributed by atoms with E-state index in [2.05, 4.69) is 12.2 Å². The van der Waals surface area contributed by atoms with E-state index in [1.54, 1.807) is 0 Å². The third-order valence-corrected chi connectivity index (χ3v) is 3.96. The van der Waals surface area contributed by atoms with E-state index in [0.717, 1.165) is 19.5 Å². The summed E-state index contributed by atoms with van der Waals surface area (Å²) in [6, 6.07) is 4.23. The zero-order chi connectivity index (χ0) is 14.7. The number of piperidine rings is 1. The Labute approximate surface area is 123 Å². The Morgan fingerprint density at radius 3 is 3.00 bits per heavy atom. The second-order valence-corrected chi connectivity index (χ2v) is 5.75. The van der Waals surface area contributed by atoms with Crippen LogP contribution in [0.25, 0.3) is 0 Å². The van der Waals surface area contributed by atoms with Crippen LogP contribution < -0.4 is 11.1 Å². The van der Waals surface area contributed by atoms with Gasteiger partial charge in [-0.05, 0) is 37.1 Å². The average molecular weight is 300 g/mol. The summed E-state index contributed by atoms with van der Waals surface area (Å²) in [5, 5.41) is 2.71. The van der Waals surface area contributed by atoms with E-state index in [4.69, 9.17) is 17.3 Å². The molecule has 6 heteroatoms. The van der Waals surface area contributed by atoms with Crippen LogP contribution in [-0.4, -0.2) is 36.5 Å². The van der Waals surface area contributed by atoms with Crippen molar-refractivity contribution in [2.45, 2.75) is 19.4 Å². The minimum atomic E-state index is -0.499. The lowest BCUT2D eigenvalue weighted by molar-refractivity contribution is -0.117. The van der Waals surface area contributed by atoms with Gasteiger partial charge >= 0.3 is 0 Å². The maximum atomic E-state index is 13.0. The zero-order valence-electron chi connectivity index (χ0n) is 11.4. The predicted molar refractivity (Wildman–Crippen MR) is 78.2 cm³/mol. The van der Waals surface area contributed by atoms with E-state index < -0.39 is 5.82 Å². The Kier molecular flexibility index (Phi) is 4.96. The number of nitrogens with zero attached hydrogens (tertiary/aromatic N) is 1. The fraction of sp³-hybridized carbons (Fsp3) is 0.500. The Morgan fingerprint density at radius 2 is 2.35 bits per heavy atom. The molecule has 1 fully saturated rings. The normalized spacial score (nSPS) is 23.6. The molecule has 3 N–H and O–H groups in total. The van der Waals surface area contributed by atoms with E-state index in [0.29, 0.717) is 11.6 Å². The maximum Gasteiger partial charge on any atom is 0.238 e. The van der Waals surface area contributed by atoms with Crippen molar-refractivity contribution in [3.8, 4) is 0 Å². The zero-order valence-corrected chi connectivity index (χ0v) is 12.2. The van der Waals surface area contributed by atoms with Crippen LogP contribution in [0, 0.1) is 11.7 Å². The fourth-order valence-electron chi connectivity index (χ4n) is 2.29. The van der Waals surface area contributed by atoms with Crippen molar-refractivity contribution in [2.24, 2.45) is 11.7 Å². The molecule has 1 aliphatic heterocycles. The third kappa shape index (κ3) is 3.91. The van der Waals surface area contributed by atoms with Gasteiger partial charge in [0.05, 0.1) is 11.6 Å². The van der Waals surface area contributed by atoms with Crippen LogP contribution >= 0.6 is 11.6 Å². The highest BCUT2D eigenvalue weighted by Crippen LogP contribution is 2.19. The topological polar surface area (TPSA) is 58.4 Å². The molecule has 2 unspecified atom stereocenters. The Bertz CT molecular complexity index is 497. The first-order valence-electron chi connectivity index (χ1n) is 6.68. The molecule has 0 spiro atoms. The fourth-order valence-corrected chi connectivity index (χ4v) is 2.47. The van der Waals surface area contributed by atoms with E-state index in [-0.39, 0.29) is 23.5 Å². The molecule has 0 aliphatic carbocycles. The maximum absolute atomic E-state index is 13.0. The molecule has 1 aromatic carbocycles. The molecule has 1 heterocycles. The molecule has 0 bridgehead atoms. The SMILES string of the molecule is CC1CCN(CC(=O)Nc2ccc(F)c(Cl)c2)CC1N. The smallest absolute Gasteiger partial charge is 0.238 e. The molecule has 1 aliphatic rings. The second-order valence-electron chi connectivity index (χ2n) is 5.34. The summed E-state index contributed by atoms with van der Waals surface area (Å²) in [4.78, 5) is 14.0. The van der Waals surface area contributed by atoms with Gasteiger partial charge in [-0.1, -0.05) is 18.5 Å². The molecule has 4 nitrogen and oxygen atoms in total. The van der Waals surface area contributed by atoms with Crippen molar-refractivity contribution in [1.29, 1.82) is 0 Å². The summed E-state index contributed by atoms with van der Waals surface area (Å²) < 4.78 is 13.0. The lowest BCUT2D eigenvalue weighted by Gasteiger charge is -2.34. The Morgan fingerprint density at radius 1 is 1.60 bits per heavy atom. The Balaban J connectivity index is 1.87. The summed E-state index contributed by atoms with van der Waals surface area (Å²) in [6.45, 7) is 4.00. The minimum Gasteiger partial charge on any atom is -0.326 e. The van der Waals surface area contributed by atoms with Gasteiger partial charge in [0.25, 0.3) is 0 Å². The number of rotatable bonds is 3. The number of amides is 1. The van der Waals surface area contributed by atoms with Gasteiger partial charge in [0, 0.05) is 18.3 Å². The number of nitrogens with one attached hydrogen (secondary N) is 1.